The number of amides is 1. The minimum Gasteiger partial charge on any atom is -0.476 e. The van der Waals surface area contributed by atoms with E-state index in [0.29, 0.717) is 36.0 Å². The fourth-order valence-corrected chi connectivity index (χ4v) is 5.01. The van der Waals surface area contributed by atoms with E-state index in [-0.39, 0.29) is 11.7 Å². The number of carbonyl (C=O) groups is 2. The predicted octanol–water partition coefficient (Wildman–Crippen LogP) is 4.50. The number of benzene rings is 2. The number of hydrogen-bond acceptors (Lipinski definition) is 5. The number of carbonyl (C=O) groups excluding carboxylic acids is 1. The zero-order chi connectivity index (χ0) is 23.7. The van der Waals surface area contributed by atoms with Crippen LogP contribution in [0, 0.1) is 11.8 Å². The van der Waals surface area contributed by atoms with Gasteiger partial charge in [0.15, 0.2) is 5.69 Å². The van der Waals surface area contributed by atoms with Gasteiger partial charge in [0, 0.05) is 36.9 Å². The number of aromatic carboxylic acids is 1. The molecule has 2 fully saturated rings. The lowest BCUT2D eigenvalue weighted by molar-refractivity contribution is 0.0690. The maximum Gasteiger partial charge on any atom is 0.356 e. The van der Waals surface area contributed by atoms with Crippen molar-refractivity contribution in [1.82, 2.24) is 20.0 Å². The number of ether oxygens (including phenoxy) is 1. The molecule has 2 heterocycles. The Bertz CT molecular complexity index is 1160. The van der Waals surface area contributed by atoms with Gasteiger partial charge >= 0.3 is 12.0 Å². The van der Waals surface area contributed by atoms with Gasteiger partial charge in [0.1, 0.15) is 11.5 Å². The maximum absolute atomic E-state index is 12.7. The molecule has 1 aliphatic heterocycles. The number of carboxylic acid groups (broad SMARTS) is 1. The highest BCUT2D eigenvalue weighted by molar-refractivity contribution is 6.30. The van der Waals surface area contributed by atoms with Gasteiger partial charge in [-0.25, -0.2) is 9.59 Å². The van der Waals surface area contributed by atoms with Gasteiger partial charge in [0.05, 0.1) is 0 Å². The van der Waals surface area contributed by atoms with E-state index in [0.717, 1.165) is 35.6 Å². The van der Waals surface area contributed by atoms with Crippen LogP contribution in [0.25, 0.3) is 0 Å². The van der Waals surface area contributed by atoms with Gasteiger partial charge in [-0.05, 0) is 72.7 Å². The molecule has 9 heteroatoms. The molecule has 176 valence electrons. The second kappa shape index (κ2) is 9.48. The SMILES string of the molecule is O=C(O)c1ccn(C(=O)N2CC3CC(NCc4ccc(Oc5ccc(Cl)cc5)cc4)CC3C2)n1. The third-order valence-corrected chi connectivity index (χ3v) is 6.85. The van der Waals surface area contributed by atoms with E-state index in [1.54, 1.807) is 17.0 Å². The summed E-state index contributed by atoms with van der Waals surface area (Å²) >= 11 is 5.91. The van der Waals surface area contributed by atoms with Gasteiger partial charge in [-0.2, -0.15) is 9.78 Å². The molecular formula is C25H25ClN4O4. The minimum atomic E-state index is -1.14. The Morgan fingerprint density at radius 1 is 1.00 bits per heavy atom. The van der Waals surface area contributed by atoms with E-state index in [9.17, 15) is 9.59 Å². The first-order valence-electron chi connectivity index (χ1n) is 11.3. The number of nitrogens with one attached hydrogen (secondary N) is 1. The predicted molar refractivity (Wildman–Crippen MR) is 126 cm³/mol. The van der Waals surface area contributed by atoms with Crippen LogP contribution in [0.3, 0.4) is 0 Å². The van der Waals surface area contributed by atoms with Gasteiger partial charge in [-0.3, -0.25) is 0 Å². The van der Waals surface area contributed by atoms with E-state index in [4.69, 9.17) is 21.4 Å². The molecule has 1 aliphatic carbocycles. The second-order valence-electron chi connectivity index (χ2n) is 8.91. The van der Waals surface area contributed by atoms with E-state index in [2.05, 4.69) is 22.5 Å². The summed E-state index contributed by atoms with van der Waals surface area (Å²) in [6, 6.07) is 16.8. The van der Waals surface area contributed by atoms with Gasteiger partial charge in [-0.15, -0.1) is 0 Å². The lowest BCUT2D eigenvalue weighted by Gasteiger charge is -2.19. The average molecular weight is 481 g/mol. The standard InChI is InChI=1S/C25H25ClN4O4/c26-19-3-7-22(8-4-19)34-21-5-1-16(2-6-21)13-27-20-11-17-14-29(15-18(17)12-20)25(33)30-10-9-23(28-30)24(31)32/h1-10,17-18,20,27H,11-15H2,(H,31,32). The van der Waals surface area contributed by atoms with Crippen molar-refractivity contribution < 1.29 is 19.4 Å². The number of likely N-dealkylation sites (tertiary alicyclic amines) is 1. The third kappa shape index (κ3) is 4.93. The summed E-state index contributed by atoms with van der Waals surface area (Å²) in [5.41, 5.74) is 1.06. The minimum absolute atomic E-state index is 0.124. The van der Waals surface area contributed by atoms with Crippen molar-refractivity contribution in [3.8, 4) is 11.5 Å². The van der Waals surface area contributed by atoms with Crippen LogP contribution in [0.4, 0.5) is 4.79 Å². The first kappa shape index (κ1) is 22.4. The highest BCUT2D eigenvalue weighted by Gasteiger charge is 2.42. The summed E-state index contributed by atoms with van der Waals surface area (Å²) < 4.78 is 6.97. The average Bonchev–Trinajstić information content (AvgIpc) is 3.55. The van der Waals surface area contributed by atoms with Crippen molar-refractivity contribution in [2.45, 2.75) is 25.4 Å². The molecule has 2 aromatic carbocycles. The van der Waals surface area contributed by atoms with Crippen molar-refractivity contribution in [2.24, 2.45) is 11.8 Å². The van der Waals surface area contributed by atoms with Crippen molar-refractivity contribution in [3.63, 3.8) is 0 Å². The molecule has 0 bridgehead atoms. The van der Waals surface area contributed by atoms with Crippen molar-refractivity contribution in [3.05, 3.63) is 77.1 Å². The van der Waals surface area contributed by atoms with Crippen LogP contribution in [0.1, 0.15) is 28.9 Å². The second-order valence-corrected chi connectivity index (χ2v) is 9.34. The zero-order valence-electron chi connectivity index (χ0n) is 18.4. The smallest absolute Gasteiger partial charge is 0.356 e. The molecule has 3 aromatic rings. The fraction of sp³-hybridized carbons (Fsp3) is 0.320. The Balaban J connectivity index is 1.08. The Morgan fingerprint density at radius 3 is 2.21 bits per heavy atom. The summed E-state index contributed by atoms with van der Waals surface area (Å²) in [5.74, 6) is 1.29. The molecule has 2 N–H and O–H groups in total. The van der Waals surface area contributed by atoms with E-state index < -0.39 is 5.97 Å². The van der Waals surface area contributed by atoms with Crippen LogP contribution in [0.5, 0.6) is 11.5 Å². The van der Waals surface area contributed by atoms with Crippen LogP contribution < -0.4 is 10.1 Å². The molecular weight excluding hydrogens is 456 g/mol. The Kier molecular flexibility index (Phi) is 6.26. The van der Waals surface area contributed by atoms with Crippen molar-refractivity contribution in [1.29, 1.82) is 0 Å². The monoisotopic (exact) mass is 480 g/mol. The molecule has 2 unspecified atom stereocenters. The maximum atomic E-state index is 12.7. The van der Waals surface area contributed by atoms with E-state index in [1.807, 2.05) is 24.3 Å². The van der Waals surface area contributed by atoms with Crippen LogP contribution in [0.15, 0.2) is 60.8 Å². The lowest BCUT2D eigenvalue weighted by atomic mass is 10.0. The van der Waals surface area contributed by atoms with Gasteiger partial charge in [-0.1, -0.05) is 23.7 Å². The first-order chi connectivity index (χ1) is 16.4. The number of carboxylic acids is 1. The summed E-state index contributed by atoms with van der Waals surface area (Å²) in [7, 11) is 0. The number of halogens is 1. The van der Waals surface area contributed by atoms with Crippen molar-refractivity contribution in [2.75, 3.05) is 13.1 Å². The molecule has 2 aliphatic rings. The van der Waals surface area contributed by atoms with Gasteiger partial charge in [0.25, 0.3) is 0 Å². The first-order valence-corrected chi connectivity index (χ1v) is 11.7. The summed E-state index contributed by atoms with van der Waals surface area (Å²) in [5, 5.41) is 17.2. The Hall–Kier alpha value is -3.36. The normalized spacial score (nSPS) is 21.4. The number of hydrogen-bond donors (Lipinski definition) is 2. The summed E-state index contributed by atoms with van der Waals surface area (Å²) in [6.45, 7) is 2.14. The third-order valence-electron chi connectivity index (χ3n) is 6.59. The molecule has 1 amide bonds. The van der Waals surface area contributed by atoms with Crippen LogP contribution in [-0.2, 0) is 6.54 Å². The van der Waals surface area contributed by atoms with E-state index >= 15 is 0 Å². The number of fused-ring (bicyclic) bond motifs is 1. The summed E-state index contributed by atoms with van der Waals surface area (Å²) in [4.78, 5) is 25.4. The highest BCUT2D eigenvalue weighted by Crippen LogP contribution is 2.38. The Morgan fingerprint density at radius 2 is 1.62 bits per heavy atom. The molecule has 2 atom stereocenters. The molecule has 8 nitrogen and oxygen atoms in total. The van der Waals surface area contributed by atoms with Gasteiger partial charge in [0.2, 0.25) is 0 Å². The molecule has 5 rings (SSSR count). The van der Waals surface area contributed by atoms with Crippen LogP contribution in [0.2, 0.25) is 5.02 Å². The zero-order valence-corrected chi connectivity index (χ0v) is 19.2. The molecule has 1 saturated heterocycles. The number of rotatable bonds is 6. The molecule has 1 aromatic heterocycles. The quantitative estimate of drug-likeness (QED) is 0.539. The molecule has 34 heavy (non-hydrogen) atoms. The number of aromatic nitrogens is 2. The Labute approximate surface area is 202 Å². The topological polar surface area (TPSA) is 96.7 Å². The van der Waals surface area contributed by atoms with Crippen LogP contribution >= 0.6 is 11.6 Å². The number of nitrogens with zero attached hydrogens (tertiary/aromatic N) is 3. The van der Waals surface area contributed by atoms with Gasteiger partial charge < -0.3 is 20.1 Å². The largest absolute Gasteiger partial charge is 0.476 e. The van der Waals surface area contributed by atoms with E-state index in [1.165, 1.54) is 17.8 Å². The molecule has 1 saturated carbocycles. The lowest BCUT2D eigenvalue weighted by Crippen LogP contribution is -2.35. The van der Waals surface area contributed by atoms with Crippen LogP contribution in [-0.4, -0.2) is 50.9 Å². The summed E-state index contributed by atoms with van der Waals surface area (Å²) in [6.07, 6.45) is 3.45. The molecule has 0 spiro atoms. The van der Waals surface area contributed by atoms with Crippen molar-refractivity contribution >= 4 is 23.6 Å². The highest BCUT2D eigenvalue weighted by atomic mass is 35.5. The fourth-order valence-electron chi connectivity index (χ4n) is 4.89. The molecule has 0 radical (unpaired) electrons.